The van der Waals surface area contributed by atoms with Crippen LogP contribution < -0.4 is 16.2 Å². The van der Waals surface area contributed by atoms with E-state index in [4.69, 9.17) is 15.3 Å². The highest BCUT2D eigenvalue weighted by Gasteiger charge is 2.46. The molecule has 3 aromatic rings. The van der Waals surface area contributed by atoms with E-state index in [0.29, 0.717) is 51.8 Å². The molecular weight excluding hydrogens is 571 g/mol. The highest BCUT2D eigenvalue weighted by atomic mass is 19.1. The van der Waals surface area contributed by atoms with Gasteiger partial charge in [0.1, 0.15) is 19.0 Å². The van der Waals surface area contributed by atoms with Gasteiger partial charge in [-0.25, -0.2) is 19.7 Å². The molecule has 1 aliphatic carbocycles. The van der Waals surface area contributed by atoms with E-state index in [9.17, 15) is 24.6 Å². The van der Waals surface area contributed by atoms with Crippen LogP contribution in [-0.4, -0.2) is 44.3 Å². The number of quaternary nitrogens is 1. The van der Waals surface area contributed by atoms with Gasteiger partial charge in [-0.15, -0.1) is 5.11 Å². The van der Waals surface area contributed by atoms with Crippen LogP contribution in [0.15, 0.2) is 33.4 Å². The number of hydrogen-bond donors (Lipinski definition) is 5. The standard InChI is InChI=1S/C31H33FN6O6/c1-5-31(43)18-8-23-26-16(10-38(23)29(41)17(18)12-44-30(31)42)25-20(36-28(40)27(37-33)22(11-39)34-13(2)3)7-6-15-14(4)19(32)9-21(35-26)24(15)25/h8-9,13,20,33-34,39,43H,5-7,10-12H2,1-4H3,(H,36,40)/p+1/b27-22-,37-33?/t20-,31-/m0/s1. The number of nitrogens with zero attached hydrogens (tertiary/aromatic N) is 3. The number of fused-ring (bicyclic) bond motifs is 5. The fourth-order valence-electron chi connectivity index (χ4n) is 6.80. The van der Waals surface area contributed by atoms with E-state index in [1.807, 2.05) is 13.8 Å². The number of cyclic esters (lactones) is 1. The summed E-state index contributed by atoms with van der Waals surface area (Å²) in [6, 6.07) is 2.33. The van der Waals surface area contributed by atoms with Crippen molar-refractivity contribution in [2.24, 2.45) is 5.11 Å². The number of aliphatic hydroxyl groups excluding tert-OH is 1. The number of nitrogens with one attached hydrogen (secondary N) is 2. The second-order valence-corrected chi connectivity index (χ2v) is 11.9. The van der Waals surface area contributed by atoms with Crippen molar-refractivity contribution in [2.75, 3.05) is 6.61 Å². The number of rotatable bonds is 7. The molecule has 1 aromatic carbocycles. The predicted molar refractivity (Wildman–Crippen MR) is 155 cm³/mol. The lowest BCUT2D eigenvalue weighted by Crippen LogP contribution is -2.87. The number of aliphatic hydroxyl groups is 2. The Morgan fingerprint density at radius 2 is 2.07 bits per heavy atom. The number of benzene rings is 1. The summed E-state index contributed by atoms with van der Waals surface area (Å²) in [5.41, 5.74) is 9.33. The third kappa shape index (κ3) is 4.29. The Bertz CT molecular complexity index is 1880. The largest absolute Gasteiger partial charge is 0.458 e. The van der Waals surface area contributed by atoms with Crippen LogP contribution in [0.4, 0.5) is 4.39 Å². The third-order valence-electron chi connectivity index (χ3n) is 9.02. The summed E-state index contributed by atoms with van der Waals surface area (Å²) in [6.07, 6.45) is 0.848. The predicted octanol–water partition coefficient (Wildman–Crippen LogP) is 1.84. The first-order chi connectivity index (χ1) is 20.9. The SMILES string of the molecule is CC[C@@]1(O)C(=O)OCc2c1cc1n(c2=O)Cc2c-1nc1cc(F)c(C)c3c1c2[C@@H](NC(=O)/C(N=N)=C(\CO)[NH2+]C(C)C)CC3. The van der Waals surface area contributed by atoms with Crippen molar-refractivity contribution >= 4 is 22.8 Å². The van der Waals surface area contributed by atoms with E-state index >= 15 is 4.39 Å². The van der Waals surface area contributed by atoms with Crippen molar-refractivity contribution in [1.82, 2.24) is 14.9 Å². The fourth-order valence-corrected chi connectivity index (χ4v) is 6.80. The maximum atomic E-state index is 15.2. The van der Waals surface area contributed by atoms with Gasteiger partial charge in [-0.3, -0.25) is 9.59 Å². The molecule has 0 saturated heterocycles. The quantitative estimate of drug-likeness (QED) is 0.121. The number of nitrogens with two attached hydrogens (primary N) is 1. The molecule has 44 heavy (non-hydrogen) atoms. The molecule has 0 fully saturated rings. The van der Waals surface area contributed by atoms with Crippen LogP contribution >= 0.6 is 0 Å². The van der Waals surface area contributed by atoms with Crippen LogP contribution in [0.5, 0.6) is 0 Å². The summed E-state index contributed by atoms with van der Waals surface area (Å²) in [5, 5.41) is 30.0. The van der Waals surface area contributed by atoms with Gasteiger partial charge < -0.3 is 30.2 Å². The fraction of sp³-hybridized carbons (Fsp3) is 0.419. The molecule has 1 amide bonds. The molecule has 230 valence electrons. The second kappa shape index (κ2) is 10.7. The molecule has 6 N–H and O–H groups in total. The number of pyridine rings is 2. The highest BCUT2D eigenvalue weighted by Crippen LogP contribution is 2.46. The molecule has 12 nitrogen and oxygen atoms in total. The van der Waals surface area contributed by atoms with Crippen molar-refractivity contribution in [3.63, 3.8) is 0 Å². The van der Waals surface area contributed by atoms with Gasteiger partial charge in [0.25, 0.3) is 11.5 Å². The monoisotopic (exact) mass is 605 g/mol. The Hall–Kier alpha value is -4.33. The van der Waals surface area contributed by atoms with E-state index < -0.39 is 41.5 Å². The van der Waals surface area contributed by atoms with Gasteiger partial charge in [0.15, 0.2) is 11.3 Å². The van der Waals surface area contributed by atoms with E-state index in [2.05, 4.69) is 10.4 Å². The lowest BCUT2D eigenvalue weighted by molar-refractivity contribution is -0.639. The average molecular weight is 606 g/mol. The first kappa shape index (κ1) is 29.7. The molecule has 6 rings (SSSR count). The number of amides is 1. The van der Waals surface area contributed by atoms with Crippen molar-refractivity contribution in [3.8, 4) is 11.4 Å². The summed E-state index contributed by atoms with van der Waals surface area (Å²) >= 11 is 0. The molecule has 2 atom stereocenters. The minimum atomic E-state index is -2.00. The number of ether oxygens (including phenoxy) is 1. The smallest absolute Gasteiger partial charge is 0.343 e. The number of hydrogen-bond acceptors (Lipinski definition) is 9. The molecule has 0 unspecified atom stereocenters. The Morgan fingerprint density at radius 1 is 1.32 bits per heavy atom. The van der Waals surface area contributed by atoms with Crippen molar-refractivity contribution in [3.05, 3.63) is 73.1 Å². The zero-order valence-electron chi connectivity index (χ0n) is 24.9. The maximum Gasteiger partial charge on any atom is 0.343 e. The number of aromatic nitrogens is 2. The molecule has 13 heteroatoms. The Labute approximate surface area is 251 Å². The zero-order valence-corrected chi connectivity index (χ0v) is 24.9. The first-order valence-corrected chi connectivity index (χ1v) is 14.6. The normalized spacial score (nSPS) is 20.5. The molecule has 2 aliphatic heterocycles. The number of carbonyl (C=O) groups is 2. The third-order valence-corrected chi connectivity index (χ3v) is 9.02. The Kier molecular flexibility index (Phi) is 7.22. The minimum absolute atomic E-state index is 0.00193. The topological polar surface area (TPSA) is 184 Å². The molecule has 4 heterocycles. The summed E-state index contributed by atoms with van der Waals surface area (Å²) in [6.45, 7) is 6.45. The van der Waals surface area contributed by atoms with Gasteiger partial charge in [-0.2, -0.15) is 0 Å². The zero-order chi connectivity index (χ0) is 31.7. The lowest BCUT2D eigenvalue weighted by atomic mass is 9.81. The van der Waals surface area contributed by atoms with Gasteiger partial charge in [0.05, 0.1) is 41.1 Å². The van der Waals surface area contributed by atoms with Crippen LogP contribution in [0.25, 0.3) is 22.3 Å². The molecular formula is C31H34FN6O6+. The van der Waals surface area contributed by atoms with Gasteiger partial charge in [0.2, 0.25) is 5.70 Å². The van der Waals surface area contributed by atoms with Crippen LogP contribution in [0, 0.1) is 18.3 Å². The number of aryl methyl sites for hydroxylation is 1. The van der Waals surface area contributed by atoms with E-state index in [0.717, 1.165) is 5.56 Å². The molecule has 0 spiro atoms. The van der Waals surface area contributed by atoms with Crippen molar-refractivity contribution in [2.45, 2.75) is 77.8 Å². The van der Waals surface area contributed by atoms with Crippen molar-refractivity contribution in [1.29, 1.82) is 5.53 Å². The van der Waals surface area contributed by atoms with Gasteiger partial charge in [0, 0.05) is 22.6 Å². The van der Waals surface area contributed by atoms with E-state index in [1.165, 1.54) is 10.6 Å². The number of halogens is 1. The van der Waals surface area contributed by atoms with Gasteiger partial charge in [-0.05, 0) is 62.8 Å². The van der Waals surface area contributed by atoms with E-state index in [-0.39, 0.29) is 48.1 Å². The minimum Gasteiger partial charge on any atom is -0.458 e. The number of carbonyl (C=O) groups excluding carboxylic acids is 2. The Morgan fingerprint density at radius 3 is 2.73 bits per heavy atom. The van der Waals surface area contributed by atoms with E-state index in [1.54, 1.807) is 25.2 Å². The second-order valence-electron chi connectivity index (χ2n) is 11.9. The molecule has 0 bridgehead atoms. The van der Waals surface area contributed by atoms with Gasteiger partial charge >= 0.3 is 5.97 Å². The first-order valence-electron chi connectivity index (χ1n) is 14.6. The van der Waals surface area contributed by atoms with Crippen LogP contribution in [0.1, 0.15) is 73.0 Å². The molecule has 2 aromatic heterocycles. The summed E-state index contributed by atoms with van der Waals surface area (Å²) in [5.74, 6) is -1.90. The maximum absolute atomic E-state index is 15.2. The Balaban J connectivity index is 1.56. The average Bonchev–Trinajstić information content (AvgIpc) is 3.36. The van der Waals surface area contributed by atoms with Crippen LogP contribution in [0.3, 0.4) is 0 Å². The molecule has 0 radical (unpaired) electrons. The molecule has 3 aliphatic rings. The summed E-state index contributed by atoms with van der Waals surface area (Å²) < 4.78 is 21.8. The van der Waals surface area contributed by atoms with Gasteiger partial charge in [-0.1, -0.05) is 6.92 Å². The van der Waals surface area contributed by atoms with Crippen LogP contribution in [-0.2, 0) is 39.5 Å². The number of esters is 1. The summed E-state index contributed by atoms with van der Waals surface area (Å²) in [4.78, 5) is 44.7. The highest BCUT2D eigenvalue weighted by molar-refractivity contribution is 5.96. The van der Waals surface area contributed by atoms with Crippen LogP contribution in [0.2, 0.25) is 0 Å². The summed E-state index contributed by atoms with van der Waals surface area (Å²) in [7, 11) is 0. The molecule has 0 saturated carbocycles. The van der Waals surface area contributed by atoms with Crippen molar-refractivity contribution < 1.29 is 34.2 Å². The lowest BCUT2D eigenvalue weighted by Gasteiger charge is -2.31.